The molecule has 0 aromatic carbocycles. The third kappa shape index (κ3) is 1.83. The molecular formula is C11H14N2OS2. The summed E-state index contributed by atoms with van der Waals surface area (Å²) in [7, 11) is 0. The lowest BCUT2D eigenvalue weighted by molar-refractivity contribution is -0.0532. The van der Waals surface area contributed by atoms with E-state index in [9.17, 15) is 0 Å². The standard InChI is InChI=1S/C11H14N2OS2/c15-11-12-9(8-4-2-6-16-8)7-3-1-5-14-10(7)13-11/h2,4,6-7,9-10H,1,3,5H2,(H2,12,13,15)/t7-,9+,10-/m1/s1. The molecular weight excluding hydrogens is 240 g/mol. The smallest absolute Gasteiger partial charge is 0.168 e. The maximum absolute atomic E-state index is 5.75. The van der Waals surface area contributed by atoms with Gasteiger partial charge in [0, 0.05) is 17.4 Å². The summed E-state index contributed by atoms with van der Waals surface area (Å²) >= 11 is 7.01. The Morgan fingerprint density at radius 2 is 2.38 bits per heavy atom. The highest BCUT2D eigenvalue weighted by Gasteiger charge is 2.38. The Hall–Kier alpha value is -0.650. The summed E-state index contributed by atoms with van der Waals surface area (Å²) in [5, 5.41) is 9.40. The number of nitrogens with one attached hydrogen (secondary N) is 2. The van der Waals surface area contributed by atoms with E-state index in [2.05, 4.69) is 28.1 Å². The van der Waals surface area contributed by atoms with Crippen molar-refractivity contribution in [2.45, 2.75) is 25.1 Å². The first-order valence-electron chi connectivity index (χ1n) is 5.56. The van der Waals surface area contributed by atoms with Crippen LogP contribution >= 0.6 is 23.6 Å². The zero-order valence-electron chi connectivity index (χ0n) is 8.81. The topological polar surface area (TPSA) is 33.3 Å². The van der Waals surface area contributed by atoms with Gasteiger partial charge in [-0.15, -0.1) is 11.3 Å². The minimum Gasteiger partial charge on any atom is -0.358 e. The van der Waals surface area contributed by atoms with E-state index in [0.717, 1.165) is 13.0 Å². The summed E-state index contributed by atoms with van der Waals surface area (Å²) in [6.07, 6.45) is 2.42. The van der Waals surface area contributed by atoms with E-state index in [1.54, 1.807) is 11.3 Å². The molecule has 1 aromatic heterocycles. The van der Waals surface area contributed by atoms with Crippen LogP contribution in [0.2, 0.25) is 0 Å². The van der Waals surface area contributed by atoms with Gasteiger partial charge in [0.15, 0.2) is 5.11 Å². The minimum atomic E-state index is 0.0922. The first kappa shape index (κ1) is 10.5. The molecule has 86 valence electrons. The maximum atomic E-state index is 5.75. The van der Waals surface area contributed by atoms with Crippen LogP contribution in [0.5, 0.6) is 0 Å². The highest BCUT2D eigenvalue weighted by Crippen LogP contribution is 2.36. The SMILES string of the molecule is S=C1N[C@@H]2OCCC[C@@H]2[C@@H](c2cccs2)N1. The van der Waals surface area contributed by atoms with Gasteiger partial charge in [-0.05, 0) is 36.5 Å². The molecule has 3 atom stereocenters. The zero-order chi connectivity index (χ0) is 11.0. The van der Waals surface area contributed by atoms with Crippen LogP contribution in [-0.2, 0) is 4.74 Å². The Morgan fingerprint density at radius 1 is 1.44 bits per heavy atom. The molecule has 0 spiro atoms. The Morgan fingerprint density at radius 3 is 3.19 bits per heavy atom. The van der Waals surface area contributed by atoms with Crippen molar-refractivity contribution in [3.63, 3.8) is 0 Å². The largest absolute Gasteiger partial charge is 0.358 e. The van der Waals surface area contributed by atoms with Crippen molar-refractivity contribution in [2.24, 2.45) is 5.92 Å². The molecule has 0 amide bonds. The fourth-order valence-corrected chi connectivity index (χ4v) is 3.56. The molecule has 3 heterocycles. The third-order valence-electron chi connectivity index (χ3n) is 3.21. The molecule has 0 saturated carbocycles. The summed E-state index contributed by atoms with van der Waals surface area (Å²) in [5.74, 6) is 0.485. The molecule has 2 aliphatic rings. The first-order chi connectivity index (χ1) is 7.84. The molecule has 2 N–H and O–H groups in total. The number of thiophene rings is 1. The number of hydrogen-bond donors (Lipinski definition) is 2. The average molecular weight is 254 g/mol. The number of ether oxygens (including phenoxy) is 1. The highest BCUT2D eigenvalue weighted by atomic mass is 32.1. The molecule has 3 nitrogen and oxygen atoms in total. The van der Waals surface area contributed by atoms with Crippen LogP contribution in [-0.4, -0.2) is 17.9 Å². The van der Waals surface area contributed by atoms with E-state index in [1.165, 1.54) is 11.3 Å². The van der Waals surface area contributed by atoms with Crippen molar-refractivity contribution < 1.29 is 4.74 Å². The van der Waals surface area contributed by atoms with Gasteiger partial charge in [-0.25, -0.2) is 0 Å². The molecule has 16 heavy (non-hydrogen) atoms. The molecule has 0 unspecified atom stereocenters. The van der Waals surface area contributed by atoms with Gasteiger partial charge in [0.25, 0.3) is 0 Å². The lowest BCUT2D eigenvalue weighted by Crippen LogP contribution is -2.58. The Kier molecular flexibility index (Phi) is 2.83. The summed E-state index contributed by atoms with van der Waals surface area (Å²) in [6.45, 7) is 0.841. The predicted molar refractivity (Wildman–Crippen MR) is 68.4 cm³/mol. The normalized spacial score (nSPS) is 33.8. The second-order valence-corrected chi connectivity index (χ2v) is 5.60. The van der Waals surface area contributed by atoms with Crippen LogP contribution < -0.4 is 10.6 Å². The summed E-state index contributed by atoms with van der Waals surface area (Å²) in [6, 6.07) is 4.58. The zero-order valence-corrected chi connectivity index (χ0v) is 10.4. The van der Waals surface area contributed by atoms with Crippen LogP contribution in [0.1, 0.15) is 23.8 Å². The Bertz CT molecular complexity index is 379. The van der Waals surface area contributed by atoms with Gasteiger partial charge in [0.05, 0.1) is 6.04 Å². The van der Waals surface area contributed by atoms with Gasteiger partial charge < -0.3 is 15.4 Å². The molecule has 0 radical (unpaired) electrons. The van der Waals surface area contributed by atoms with Crippen LogP contribution in [0.15, 0.2) is 17.5 Å². The number of fused-ring (bicyclic) bond motifs is 1. The van der Waals surface area contributed by atoms with Crippen molar-refractivity contribution in [3.8, 4) is 0 Å². The summed E-state index contributed by atoms with van der Waals surface area (Å²) < 4.78 is 5.75. The molecule has 0 aliphatic carbocycles. The van der Waals surface area contributed by atoms with Crippen LogP contribution in [0.3, 0.4) is 0 Å². The summed E-state index contributed by atoms with van der Waals surface area (Å²) in [4.78, 5) is 1.35. The second-order valence-electron chi connectivity index (χ2n) is 4.21. The Labute approximate surface area is 104 Å². The third-order valence-corrected chi connectivity index (χ3v) is 4.40. The lowest BCUT2D eigenvalue weighted by atomic mass is 9.88. The molecule has 0 bridgehead atoms. The fourth-order valence-electron chi connectivity index (χ4n) is 2.46. The van der Waals surface area contributed by atoms with Crippen LogP contribution in [0.25, 0.3) is 0 Å². The molecule has 5 heteroatoms. The molecule has 3 rings (SSSR count). The van der Waals surface area contributed by atoms with Gasteiger partial charge in [-0.3, -0.25) is 0 Å². The van der Waals surface area contributed by atoms with Crippen LogP contribution in [0.4, 0.5) is 0 Å². The van der Waals surface area contributed by atoms with Crippen LogP contribution in [0, 0.1) is 5.92 Å². The van der Waals surface area contributed by atoms with Crippen molar-refractivity contribution in [2.75, 3.05) is 6.61 Å². The summed E-state index contributed by atoms with van der Waals surface area (Å²) in [5.41, 5.74) is 0. The predicted octanol–water partition coefficient (Wildman–Crippen LogP) is 2.02. The van der Waals surface area contributed by atoms with E-state index in [0.29, 0.717) is 17.1 Å². The molecule has 2 fully saturated rings. The van der Waals surface area contributed by atoms with Crippen molar-refractivity contribution in [3.05, 3.63) is 22.4 Å². The van der Waals surface area contributed by atoms with E-state index < -0.39 is 0 Å². The van der Waals surface area contributed by atoms with Gasteiger partial charge >= 0.3 is 0 Å². The second kappa shape index (κ2) is 4.31. The molecule has 1 aromatic rings. The van der Waals surface area contributed by atoms with E-state index in [4.69, 9.17) is 17.0 Å². The number of rotatable bonds is 1. The molecule has 2 saturated heterocycles. The van der Waals surface area contributed by atoms with Gasteiger partial charge in [0.2, 0.25) is 0 Å². The maximum Gasteiger partial charge on any atom is 0.168 e. The number of thiocarbonyl (C=S) groups is 1. The van der Waals surface area contributed by atoms with Gasteiger partial charge in [0.1, 0.15) is 6.23 Å². The van der Waals surface area contributed by atoms with Crippen molar-refractivity contribution in [1.82, 2.24) is 10.6 Å². The molecule has 2 aliphatic heterocycles. The minimum absolute atomic E-state index is 0.0922. The highest BCUT2D eigenvalue weighted by molar-refractivity contribution is 7.80. The van der Waals surface area contributed by atoms with Gasteiger partial charge in [-0.2, -0.15) is 0 Å². The monoisotopic (exact) mass is 254 g/mol. The lowest BCUT2D eigenvalue weighted by Gasteiger charge is -2.42. The Balaban J connectivity index is 1.87. The van der Waals surface area contributed by atoms with E-state index in [-0.39, 0.29) is 6.23 Å². The van der Waals surface area contributed by atoms with Crippen molar-refractivity contribution in [1.29, 1.82) is 0 Å². The van der Waals surface area contributed by atoms with Gasteiger partial charge in [-0.1, -0.05) is 6.07 Å². The number of hydrogen-bond acceptors (Lipinski definition) is 3. The fraction of sp³-hybridized carbons (Fsp3) is 0.545. The van der Waals surface area contributed by atoms with E-state index >= 15 is 0 Å². The average Bonchev–Trinajstić information content (AvgIpc) is 2.81. The quantitative estimate of drug-likeness (QED) is 0.751. The van der Waals surface area contributed by atoms with Crippen molar-refractivity contribution >= 4 is 28.7 Å². The first-order valence-corrected chi connectivity index (χ1v) is 6.85. The van der Waals surface area contributed by atoms with E-state index in [1.807, 2.05) is 0 Å².